The molecule has 0 spiro atoms. The minimum absolute atomic E-state index is 0.149. The maximum absolute atomic E-state index is 13.3. The largest absolute Gasteiger partial charge is 0.488 e. The van der Waals surface area contributed by atoms with E-state index >= 15 is 0 Å². The fraction of sp³-hybridized carbons (Fsp3) is 0.632. The van der Waals surface area contributed by atoms with Crippen molar-refractivity contribution in [1.29, 1.82) is 0 Å². The molecule has 0 aliphatic carbocycles. The molecule has 1 unspecified atom stereocenters. The maximum atomic E-state index is 13.3. The van der Waals surface area contributed by atoms with Gasteiger partial charge in [0, 0.05) is 38.8 Å². The Labute approximate surface area is 167 Å². The van der Waals surface area contributed by atoms with Gasteiger partial charge in [0.05, 0.1) is 18.1 Å². The predicted molar refractivity (Wildman–Crippen MR) is 110 cm³/mol. The van der Waals surface area contributed by atoms with Crippen LogP contribution in [0.3, 0.4) is 0 Å². The van der Waals surface area contributed by atoms with E-state index in [0.29, 0.717) is 37.9 Å². The molecule has 0 bridgehead atoms. The van der Waals surface area contributed by atoms with Crippen LogP contribution in [0, 0.1) is 5.82 Å². The predicted octanol–water partition coefficient (Wildman–Crippen LogP) is 1.27. The number of rotatable bonds is 9. The monoisotopic (exact) mass is 414 g/mol. The van der Waals surface area contributed by atoms with E-state index in [0.717, 1.165) is 19.5 Å². The van der Waals surface area contributed by atoms with Crippen molar-refractivity contribution >= 4 is 15.8 Å². The molecule has 2 rings (SSSR count). The van der Waals surface area contributed by atoms with Crippen molar-refractivity contribution in [2.75, 3.05) is 50.8 Å². The highest BCUT2D eigenvalue weighted by Gasteiger charge is 2.21. The maximum Gasteiger partial charge on any atom is 0.191 e. The average molecular weight is 415 g/mol. The first-order valence-corrected chi connectivity index (χ1v) is 11.6. The van der Waals surface area contributed by atoms with Crippen LogP contribution in [0.25, 0.3) is 0 Å². The summed E-state index contributed by atoms with van der Waals surface area (Å²) in [5.41, 5.74) is 0. The first kappa shape index (κ1) is 22.4. The first-order valence-electron chi connectivity index (χ1n) is 9.79. The first-order chi connectivity index (χ1) is 13.4. The summed E-state index contributed by atoms with van der Waals surface area (Å²) in [4.78, 5) is 6.71. The summed E-state index contributed by atoms with van der Waals surface area (Å²) in [5, 5.41) is 6.47. The quantitative estimate of drug-likeness (QED) is 0.468. The molecule has 2 N–H and O–H groups in total. The SMILES string of the molecule is CCNC(=NCC(CC)Oc1cccc(F)c1)NCCN1CCS(=O)(=O)CC1. The number of guanidine groups is 1. The Morgan fingerprint density at radius 2 is 2.04 bits per heavy atom. The van der Waals surface area contributed by atoms with Crippen molar-refractivity contribution in [3.63, 3.8) is 0 Å². The highest BCUT2D eigenvalue weighted by molar-refractivity contribution is 7.91. The summed E-state index contributed by atoms with van der Waals surface area (Å²) >= 11 is 0. The van der Waals surface area contributed by atoms with Gasteiger partial charge >= 0.3 is 0 Å². The lowest BCUT2D eigenvalue weighted by Gasteiger charge is -2.26. The fourth-order valence-corrected chi connectivity index (χ4v) is 4.10. The molecule has 1 atom stereocenters. The molecule has 1 fully saturated rings. The van der Waals surface area contributed by atoms with Gasteiger partial charge in [0.1, 0.15) is 17.7 Å². The van der Waals surface area contributed by atoms with E-state index in [9.17, 15) is 12.8 Å². The van der Waals surface area contributed by atoms with E-state index < -0.39 is 9.84 Å². The number of nitrogens with one attached hydrogen (secondary N) is 2. The number of sulfone groups is 1. The summed E-state index contributed by atoms with van der Waals surface area (Å²) in [6.45, 7) is 7.77. The van der Waals surface area contributed by atoms with Crippen LogP contribution in [0.15, 0.2) is 29.3 Å². The third-order valence-corrected chi connectivity index (χ3v) is 6.12. The number of ether oxygens (including phenoxy) is 1. The van der Waals surface area contributed by atoms with Crippen molar-refractivity contribution in [2.45, 2.75) is 26.4 Å². The second-order valence-electron chi connectivity index (χ2n) is 6.75. The molecule has 9 heteroatoms. The second-order valence-corrected chi connectivity index (χ2v) is 9.05. The third kappa shape index (κ3) is 8.02. The number of halogens is 1. The van der Waals surface area contributed by atoms with Gasteiger partial charge in [-0.05, 0) is 25.5 Å². The van der Waals surface area contributed by atoms with Gasteiger partial charge < -0.3 is 15.4 Å². The highest BCUT2D eigenvalue weighted by atomic mass is 32.2. The van der Waals surface area contributed by atoms with E-state index in [-0.39, 0.29) is 23.4 Å². The molecule has 1 aliphatic rings. The lowest BCUT2D eigenvalue weighted by atomic mass is 10.2. The zero-order chi connectivity index (χ0) is 20.4. The topological polar surface area (TPSA) is 83.0 Å². The summed E-state index contributed by atoms with van der Waals surface area (Å²) in [6, 6.07) is 6.11. The number of nitrogens with zero attached hydrogens (tertiary/aromatic N) is 2. The van der Waals surface area contributed by atoms with Gasteiger partial charge in [-0.15, -0.1) is 0 Å². The molecule has 0 amide bonds. The third-order valence-electron chi connectivity index (χ3n) is 4.51. The van der Waals surface area contributed by atoms with E-state index in [1.54, 1.807) is 12.1 Å². The van der Waals surface area contributed by atoms with Crippen LogP contribution in [0.4, 0.5) is 4.39 Å². The Hall–Kier alpha value is -1.87. The fourth-order valence-electron chi connectivity index (χ4n) is 2.82. The lowest BCUT2D eigenvalue weighted by molar-refractivity contribution is 0.205. The Morgan fingerprint density at radius 1 is 1.29 bits per heavy atom. The minimum Gasteiger partial charge on any atom is -0.488 e. The highest BCUT2D eigenvalue weighted by Crippen LogP contribution is 2.15. The molecule has 1 aromatic rings. The molecular formula is C19H31FN4O3S. The molecule has 1 saturated heterocycles. The molecule has 28 heavy (non-hydrogen) atoms. The number of hydrogen-bond donors (Lipinski definition) is 2. The molecular weight excluding hydrogens is 383 g/mol. The summed E-state index contributed by atoms with van der Waals surface area (Å²) in [7, 11) is -2.85. The molecule has 0 radical (unpaired) electrons. The smallest absolute Gasteiger partial charge is 0.191 e. The molecule has 1 aliphatic heterocycles. The zero-order valence-corrected chi connectivity index (χ0v) is 17.5. The van der Waals surface area contributed by atoms with Crippen LogP contribution in [0.5, 0.6) is 5.75 Å². The standard InChI is InChI=1S/C19H31FN4O3S/c1-3-17(27-18-7-5-6-16(20)14-18)15-23-19(21-4-2)22-8-9-24-10-12-28(25,26)13-11-24/h5-7,14,17H,3-4,8-13,15H2,1-2H3,(H2,21,22,23). The van der Waals surface area contributed by atoms with Crippen LogP contribution in [-0.2, 0) is 9.84 Å². The molecule has 1 heterocycles. The van der Waals surface area contributed by atoms with Gasteiger partial charge in [-0.25, -0.2) is 17.8 Å². The Balaban J connectivity index is 1.81. The van der Waals surface area contributed by atoms with Crippen LogP contribution >= 0.6 is 0 Å². The molecule has 0 aromatic heterocycles. The normalized spacial score (nSPS) is 18.5. The zero-order valence-electron chi connectivity index (χ0n) is 16.7. The van der Waals surface area contributed by atoms with Gasteiger partial charge in [0.15, 0.2) is 15.8 Å². The van der Waals surface area contributed by atoms with Crippen molar-refractivity contribution in [2.24, 2.45) is 4.99 Å². The van der Waals surface area contributed by atoms with E-state index in [4.69, 9.17) is 4.74 Å². The molecule has 158 valence electrons. The van der Waals surface area contributed by atoms with E-state index in [1.807, 2.05) is 13.8 Å². The van der Waals surface area contributed by atoms with Crippen molar-refractivity contribution in [1.82, 2.24) is 15.5 Å². The van der Waals surface area contributed by atoms with Gasteiger partial charge in [-0.3, -0.25) is 4.90 Å². The van der Waals surface area contributed by atoms with Crippen LogP contribution in [-0.4, -0.2) is 76.2 Å². The van der Waals surface area contributed by atoms with E-state index in [2.05, 4.69) is 20.5 Å². The van der Waals surface area contributed by atoms with Gasteiger partial charge in [0.25, 0.3) is 0 Å². The van der Waals surface area contributed by atoms with Crippen LogP contribution in [0.2, 0.25) is 0 Å². The number of hydrogen-bond acceptors (Lipinski definition) is 5. The van der Waals surface area contributed by atoms with Crippen molar-refractivity contribution < 1.29 is 17.5 Å². The molecule has 7 nitrogen and oxygen atoms in total. The van der Waals surface area contributed by atoms with Gasteiger partial charge in [-0.1, -0.05) is 13.0 Å². The van der Waals surface area contributed by atoms with Crippen molar-refractivity contribution in [3.05, 3.63) is 30.1 Å². The molecule has 1 aromatic carbocycles. The molecule has 0 saturated carbocycles. The van der Waals surface area contributed by atoms with Gasteiger partial charge in [-0.2, -0.15) is 0 Å². The summed E-state index contributed by atoms with van der Waals surface area (Å²) in [6.07, 6.45) is 0.603. The van der Waals surface area contributed by atoms with Crippen LogP contribution < -0.4 is 15.4 Å². The summed E-state index contributed by atoms with van der Waals surface area (Å²) in [5.74, 6) is 1.33. The Morgan fingerprint density at radius 3 is 2.68 bits per heavy atom. The average Bonchev–Trinajstić information content (AvgIpc) is 2.66. The lowest BCUT2D eigenvalue weighted by Crippen LogP contribution is -2.46. The minimum atomic E-state index is -2.85. The number of benzene rings is 1. The Kier molecular flexibility index (Phi) is 8.98. The Bertz CT molecular complexity index is 728. The summed E-state index contributed by atoms with van der Waals surface area (Å²) < 4.78 is 42.1. The van der Waals surface area contributed by atoms with Gasteiger partial charge in [0.2, 0.25) is 0 Å². The van der Waals surface area contributed by atoms with Crippen LogP contribution in [0.1, 0.15) is 20.3 Å². The van der Waals surface area contributed by atoms with Crippen molar-refractivity contribution in [3.8, 4) is 5.75 Å². The number of aliphatic imine (C=N–C) groups is 1. The second kappa shape index (κ2) is 11.2. The van der Waals surface area contributed by atoms with E-state index in [1.165, 1.54) is 12.1 Å².